The zero-order valence-corrected chi connectivity index (χ0v) is 55.8. The molecule has 12 N–H and O–H groups in total. The first-order valence-electron chi connectivity index (χ1n) is 31.7. The van der Waals surface area contributed by atoms with Gasteiger partial charge < -0.3 is 61.6 Å². The Bertz CT molecular complexity index is 4630. The lowest BCUT2D eigenvalue weighted by molar-refractivity contribution is -0.124. The summed E-state index contributed by atoms with van der Waals surface area (Å²) < 4.78 is 44.8. The smallest absolute Gasteiger partial charge is 0.338 e. The molecule has 99 heavy (non-hydrogen) atoms. The van der Waals surface area contributed by atoms with Crippen LogP contribution >= 0.6 is 11.6 Å². The van der Waals surface area contributed by atoms with Crippen LogP contribution in [0.5, 0.6) is 0 Å². The van der Waals surface area contributed by atoms with Gasteiger partial charge in [0.05, 0.1) is 86.6 Å². The van der Waals surface area contributed by atoms with Gasteiger partial charge in [-0.25, -0.2) is 33.5 Å². The molecule has 5 aromatic carbocycles. The molecule has 0 unspecified atom stereocenters. The Morgan fingerprint density at radius 2 is 1.07 bits per heavy atom. The molecule has 10 aromatic rings. The van der Waals surface area contributed by atoms with Crippen molar-refractivity contribution in [2.45, 2.75) is 38.1 Å². The number of nitrogens with one attached hydrogen (secondary N) is 6. The van der Waals surface area contributed by atoms with E-state index in [-0.39, 0.29) is 53.7 Å². The highest BCUT2D eigenvalue weighted by Gasteiger charge is 2.33. The number of nitrogens with zero attached hydrogens (tertiary/aromatic N) is 11. The van der Waals surface area contributed by atoms with E-state index < -0.39 is 23.6 Å². The largest absolute Gasteiger partial charge is 0.465 e. The van der Waals surface area contributed by atoms with Gasteiger partial charge >= 0.3 is 5.97 Å². The maximum Gasteiger partial charge on any atom is 0.338 e. The molecule has 2 aliphatic heterocycles. The molecular formula is C69H76ClF2N19O8. The third kappa shape index (κ3) is 16.2. The molecule has 0 bridgehead atoms. The molecule has 0 saturated carbocycles. The number of nitrogen functional groups attached to an aromatic ring is 2. The van der Waals surface area contributed by atoms with Crippen LogP contribution in [-0.4, -0.2) is 211 Å². The first-order valence-corrected chi connectivity index (χ1v) is 32.1. The van der Waals surface area contributed by atoms with Gasteiger partial charge in [-0.05, 0) is 120 Å². The van der Waals surface area contributed by atoms with Crippen LogP contribution in [-0.2, 0) is 49.9 Å². The number of ether oxygens (including phenoxy) is 3. The van der Waals surface area contributed by atoms with E-state index in [1.165, 1.54) is 7.11 Å². The fourth-order valence-electron chi connectivity index (χ4n) is 12.4. The normalized spacial score (nSPS) is 15.3. The number of benzene rings is 5. The van der Waals surface area contributed by atoms with Crippen LogP contribution in [0.15, 0.2) is 116 Å². The Morgan fingerprint density at radius 1 is 0.606 bits per heavy atom. The average Bonchev–Trinajstić information content (AvgIpc) is 1.67. The number of hydrogen-bond acceptors (Lipinski definition) is 22. The summed E-state index contributed by atoms with van der Waals surface area (Å²) >= 11 is 5.88. The SMILES string of the molecule is COC(=O)c1cc(N)cc2[nH]ncc12.COC[C@H](C(=O)Nc1cccc2c1CC=C2c1nc(Cl)ncc1F)N1CCN(C)CC1.COC[C@H](C(=O)Nc1cccc2c1CC=C2c1nc(Nc2cc(CO)c3cn[nH]c3c2)ncc1F)N1CCN(C)CC1.Nc1cc(CO)c2cn[nH]c2c1. The number of amides is 2. The number of rotatable bonds is 17. The second-order valence-corrected chi connectivity index (χ2v) is 24.3. The van der Waals surface area contributed by atoms with Gasteiger partial charge in [0, 0.05) is 122 Å². The lowest BCUT2D eigenvalue weighted by Crippen LogP contribution is -2.54. The van der Waals surface area contributed by atoms with Crippen molar-refractivity contribution < 1.29 is 47.6 Å². The van der Waals surface area contributed by atoms with Gasteiger partial charge in [-0.15, -0.1) is 0 Å². The highest BCUT2D eigenvalue weighted by molar-refractivity contribution is 6.28. The van der Waals surface area contributed by atoms with Crippen LogP contribution in [0, 0.1) is 11.6 Å². The molecule has 27 nitrogen and oxygen atoms in total. The number of aromatic amines is 3. The van der Waals surface area contributed by atoms with Crippen molar-refractivity contribution in [2.24, 2.45) is 0 Å². The van der Waals surface area contributed by atoms with Crippen molar-refractivity contribution in [3.05, 3.63) is 183 Å². The molecule has 4 aliphatic rings. The number of carbonyl (C=O) groups is 3. The summed E-state index contributed by atoms with van der Waals surface area (Å²) in [5.41, 5.74) is 23.7. The quantitative estimate of drug-likeness (QED) is 0.0250. The molecule has 30 heteroatoms. The lowest BCUT2D eigenvalue weighted by Gasteiger charge is -2.36. The Labute approximate surface area is 572 Å². The Morgan fingerprint density at radius 3 is 1.58 bits per heavy atom. The first kappa shape index (κ1) is 70.1. The molecule has 0 radical (unpaired) electrons. The number of methoxy groups -OCH3 is 3. The van der Waals surface area contributed by atoms with Gasteiger partial charge in [-0.3, -0.25) is 34.7 Å². The molecule has 0 spiro atoms. The molecule has 14 rings (SSSR count). The number of aliphatic hydroxyl groups is 2. The lowest BCUT2D eigenvalue weighted by atomic mass is 10.0. The van der Waals surface area contributed by atoms with Gasteiger partial charge in [0.1, 0.15) is 23.5 Å². The minimum absolute atomic E-state index is 0.00945. The second-order valence-electron chi connectivity index (χ2n) is 23.9. The monoisotopic (exact) mass is 1370 g/mol. The third-order valence-corrected chi connectivity index (χ3v) is 17.7. The van der Waals surface area contributed by atoms with Gasteiger partial charge in [-0.1, -0.05) is 36.4 Å². The number of anilines is 6. The summed E-state index contributed by atoms with van der Waals surface area (Å²) in [7, 11) is 8.69. The predicted molar refractivity (Wildman–Crippen MR) is 374 cm³/mol. The third-order valence-electron chi connectivity index (χ3n) is 17.5. The van der Waals surface area contributed by atoms with Crippen LogP contribution < -0.4 is 27.4 Å². The van der Waals surface area contributed by atoms with Crippen LogP contribution in [0.2, 0.25) is 5.28 Å². The van der Waals surface area contributed by atoms with Gasteiger partial charge in [-0.2, -0.15) is 15.3 Å². The number of aliphatic hydroxyl groups excluding tert-OH is 2. The number of fused-ring (bicyclic) bond motifs is 5. The Balaban J connectivity index is 0.000000150. The summed E-state index contributed by atoms with van der Waals surface area (Å²) in [5.74, 6) is -1.52. The number of piperazine rings is 2. The van der Waals surface area contributed by atoms with Gasteiger partial charge in [0.2, 0.25) is 23.0 Å². The van der Waals surface area contributed by atoms with Gasteiger partial charge in [0.15, 0.2) is 11.6 Å². The molecular weight excluding hydrogens is 1300 g/mol. The Hall–Kier alpha value is -10.2. The van der Waals surface area contributed by atoms with E-state index in [2.05, 4.69) is 105 Å². The highest BCUT2D eigenvalue weighted by Crippen LogP contribution is 2.39. The van der Waals surface area contributed by atoms with Crippen LogP contribution in [0.1, 0.15) is 55.1 Å². The number of halogens is 3. The van der Waals surface area contributed by atoms with Crippen molar-refractivity contribution in [2.75, 3.05) is 128 Å². The standard InChI is InChI=1S/C30H33FN8O3.C22H25ClFN5O2.C9H9N3O2.C8H9N3O/c1-38-8-10-39(11-9-38)27(17-42-2)29(41)35-25-5-3-4-20-21(25)6-7-22(20)28-24(31)15-32-30(36-28)34-19-12-18(16-40)23-14-33-37-26(23)13-19;1-28-8-10-29(11-9-28)19(13-31-2)21(30)26-18-5-3-4-14-15(18)6-7-16(14)20-17(24)12-25-22(23)27-20;1-14-9(13)6-2-5(10)3-8-7(6)4-11-12-8;9-6-1-5(4-12)7-3-10-11-8(7)2-6/h3-5,7,12-15,27,40H,6,8-11,16-17H2,1-2H3,(H,33,37)(H,35,41)(H,32,34,36);3-5,7,12,19H,6,8-11,13H2,1-2H3,(H,26,30);2-4H,10H2,1H3,(H,11,12);1-3,12H,4,9H2,(H,10,11)/t27-;19-;;/m11../s1. The second kappa shape index (κ2) is 32.0. The Kier molecular flexibility index (Phi) is 22.7. The summed E-state index contributed by atoms with van der Waals surface area (Å²) in [6.45, 7) is 7.24. The van der Waals surface area contributed by atoms with E-state index in [0.29, 0.717) is 82.2 Å². The maximum absolute atomic E-state index is 15.1. The molecule has 5 aromatic heterocycles. The summed E-state index contributed by atoms with van der Waals surface area (Å²) in [6.07, 6.45) is 12.0. The topological polar surface area (TPSA) is 358 Å². The number of aromatic nitrogens is 10. The minimum Gasteiger partial charge on any atom is -0.465 e. The molecule has 516 valence electrons. The molecule has 2 saturated heterocycles. The average molecular weight is 1370 g/mol. The summed E-state index contributed by atoms with van der Waals surface area (Å²) in [4.78, 5) is 63.2. The summed E-state index contributed by atoms with van der Waals surface area (Å²) in [6, 6.07) is 20.9. The number of hydrogen-bond donors (Lipinski definition) is 10. The van der Waals surface area contributed by atoms with Crippen molar-refractivity contribution in [3.8, 4) is 0 Å². The molecule has 7 heterocycles. The van der Waals surface area contributed by atoms with Crippen LogP contribution in [0.3, 0.4) is 0 Å². The fraction of sp³-hybridized carbons (Fsp3) is 0.304. The van der Waals surface area contributed by atoms with Crippen LogP contribution in [0.25, 0.3) is 43.9 Å². The van der Waals surface area contributed by atoms with Crippen molar-refractivity contribution >= 4 is 108 Å². The number of H-pyrrole nitrogens is 3. The van der Waals surface area contributed by atoms with Crippen molar-refractivity contribution in [3.63, 3.8) is 0 Å². The van der Waals surface area contributed by atoms with Crippen molar-refractivity contribution in [1.82, 2.24) is 70.1 Å². The van der Waals surface area contributed by atoms with Crippen LogP contribution in [0.4, 0.5) is 43.2 Å². The molecule has 2 aliphatic carbocycles. The van der Waals surface area contributed by atoms with E-state index >= 15 is 4.39 Å². The summed E-state index contributed by atoms with van der Waals surface area (Å²) in [5, 5.41) is 50.7. The van der Waals surface area contributed by atoms with Gasteiger partial charge in [0.25, 0.3) is 0 Å². The first-order chi connectivity index (χ1) is 47.9. The number of likely N-dealkylation sites (N-methyl/N-ethyl adjacent to an activating group) is 2. The number of esters is 1. The van der Waals surface area contributed by atoms with E-state index in [0.717, 1.165) is 120 Å². The zero-order valence-electron chi connectivity index (χ0n) is 55.1. The number of allylic oxidation sites excluding steroid dienone is 2. The number of carbonyl (C=O) groups excluding carboxylic acids is 3. The number of nitrogens with two attached hydrogens (primary N) is 2. The maximum atomic E-state index is 15.1. The fourth-order valence-corrected chi connectivity index (χ4v) is 12.5. The van der Waals surface area contributed by atoms with E-state index in [9.17, 15) is 23.9 Å². The molecule has 2 fully saturated rings. The van der Waals surface area contributed by atoms with E-state index in [1.54, 1.807) is 63.1 Å². The highest BCUT2D eigenvalue weighted by atomic mass is 35.5. The minimum atomic E-state index is -0.551. The van der Waals surface area contributed by atoms with Crippen molar-refractivity contribution in [1.29, 1.82) is 0 Å². The predicted octanol–water partition coefficient (Wildman–Crippen LogP) is 6.94. The van der Waals surface area contributed by atoms with E-state index in [1.807, 2.05) is 54.6 Å². The van der Waals surface area contributed by atoms with E-state index in [4.69, 9.17) is 37.6 Å². The molecule has 2 amide bonds. The molecule has 2 atom stereocenters. The zero-order chi connectivity index (χ0) is 69.9.